The highest BCUT2D eigenvalue weighted by atomic mass is 79.9. The summed E-state index contributed by atoms with van der Waals surface area (Å²) in [6, 6.07) is 29.9. The van der Waals surface area contributed by atoms with Gasteiger partial charge in [0.2, 0.25) is 5.54 Å². The number of Topliss-reactive ketones (excluding diaryl/α,β-unsaturated/α-hetero) is 2. The standard InChI is InChI=1S/C20H13ClF3N3O3.C18H11ClF3NO2.C11H9NO2.C7H3BrClF3/c21-14-8-7-11(10-13(14)20(22,23)24)4-3-9-27-15-6-2-1-5-12(15)19(17(27)29)16(28)25-18(30)26-19;19-14-8-7-11(10-13(14)18(20,21)22)4-3-9-23-15-6-2-1-5-12(15)16(24)17(23)25;1-2-7-12-9-6-4-3-5-8(9)10(13)11(12)14;8-4-1-2-6(9)5(3-4)7(10,11)12/h1-8,10H,9H2,(H2,25,26,28,30);1-8,10H,9H2;2-6H,1,7H2;1-3H/b2*4-3+;;. The van der Waals surface area contributed by atoms with Crippen molar-refractivity contribution in [3.63, 3.8) is 0 Å². The molecule has 1 fully saturated rings. The lowest BCUT2D eigenvalue weighted by Crippen LogP contribution is -2.52. The summed E-state index contributed by atoms with van der Waals surface area (Å²) < 4.78 is 114. The van der Waals surface area contributed by atoms with Crippen LogP contribution >= 0.6 is 50.7 Å². The van der Waals surface area contributed by atoms with Crippen LogP contribution in [0, 0.1) is 0 Å². The number of benzene rings is 6. The van der Waals surface area contributed by atoms with Crippen molar-refractivity contribution < 1.29 is 73.1 Å². The number of urea groups is 1. The molecule has 4 aliphatic heterocycles. The number of nitrogens with one attached hydrogen (secondary N) is 2. The minimum Gasteiger partial charge on any atom is -0.312 e. The monoisotopic (exact) mass is 1250 g/mol. The molecule has 4 aliphatic rings. The van der Waals surface area contributed by atoms with Crippen LogP contribution in [-0.2, 0) is 43.2 Å². The van der Waals surface area contributed by atoms with Gasteiger partial charge in [0.15, 0.2) is 0 Å². The third-order valence-corrected chi connectivity index (χ3v) is 13.6. The molecule has 2 N–H and O–H groups in total. The summed E-state index contributed by atoms with van der Waals surface area (Å²) in [6.07, 6.45) is -6.04. The number of carbonyl (C=O) groups is 7. The number of imide groups is 1. The van der Waals surface area contributed by atoms with Crippen molar-refractivity contribution in [2.45, 2.75) is 24.1 Å². The average Bonchev–Trinajstić information content (AvgIpc) is 4.01. The molecule has 0 radical (unpaired) electrons. The van der Waals surface area contributed by atoms with Crippen molar-refractivity contribution in [3.8, 4) is 0 Å². The lowest BCUT2D eigenvalue weighted by Gasteiger charge is -2.20. The molecule has 12 nitrogen and oxygen atoms in total. The Bertz CT molecular complexity index is 3610. The number of hydrogen-bond donors (Lipinski definition) is 2. The van der Waals surface area contributed by atoms with E-state index in [4.69, 9.17) is 34.8 Å². The number of carbonyl (C=O) groups excluding carboxylic acids is 7. The molecule has 6 aromatic carbocycles. The molecule has 418 valence electrons. The summed E-state index contributed by atoms with van der Waals surface area (Å²) in [6.45, 7) is 3.98. The molecular weight excluding hydrogens is 1210 g/mol. The predicted molar refractivity (Wildman–Crippen MR) is 289 cm³/mol. The Morgan fingerprint density at radius 3 is 1.36 bits per heavy atom. The van der Waals surface area contributed by atoms with Crippen molar-refractivity contribution in [2.24, 2.45) is 0 Å². The molecule has 10 rings (SSSR count). The molecule has 0 saturated carbocycles. The van der Waals surface area contributed by atoms with Gasteiger partial charge >= 0.3 is 24.6 Å². The van der Waals surface area contributed by atoms with E-state index < -0.39 is 87.0 Å². The summed E-state index contributed by atoms with van der Waals surface area (Å²) in [7, 11) is 0. The van der Waals surface area contributed by atoms with Gasteiger partial charge in [0.1, 0.15) is 0 Å². The van der Waals surface area contributed by atoms with Gasteiger partial charge in [-0.2, -0.15) is 39.5 Å². The molecule has 81 heavy (non-hydrogen) atoms. The fraction of sp³-hybridized carbons (Fsp3) is 0.125. The van der Waals surface area contributed by atoms with Crippen molar-refractivity contribution in [1.82, 2.24) is 10.6 Å². The molecule has 4 heterocycles. The molecule has 25 heteroatoms. The SMILES string of the molecule is C=CCN1C(=O)C(=O)c2ccccc21.FC(F)(F)c1cc(Br)ccc1Cl.O=C1C(=O)N(C/C=C/c2ccc(Cl)c(C(F)(F)F)c2)c2ccccc21.O=C1NC(=O)C2(N1)C(=O)N(C/C=C/c1ccc(Cl)c(C(F)(F)F)c1)c1ccccc12. The Morgan fingerprint density at radius 1 is 0.519 bits per heavy atom. The highest BCUT2D eigenvalue weighted by Crippen LogP contribution is 2.43. The van der Waals surface area contributed by atoms with Crippen molar-refractivity contribution >= 4 is 121 Å². The first-order chi connectivity index (χ1) is 38.1. The minimum atomic E-state index is -4.59. The molecule has 0 aliphatic carbocycles. The summed E-state index contributed by atoms with van der Waals surface area (Å²) in [5.74, 6) is -3.56. The summed E-state index contributed by atoms with van der Waals surface area (Å²) in [5, 5.41) is 3.40. The zero-order valence-electron chi connectivity index (χ0n) is 41.0. The van der Waals surface area contributed by atoms with Crippen LogP contribution in [0.1, 0.15) is 54.1 Å². The van der Waals surface area contributed by atoms with E-state index in [1.807, 2.05) is 0 Å². The molecule has 1 saturated heterocycles. The van der Waals surface area contributed by atoms with Gasteiger partial charge in [0, 0.05) is 29.7 Å². The van der Waals surface area contributed by atoms with Gasteiger partial charge < -0.3 is 20.0 Å². The van der Waals surface area contributed by atoms with E-state index in [2.05, 4.69) is 33.1 Å². The second-order valence-electron chi connectivity index (χ2n) is 17.3. The number of hydrogen-bond acceptors (Lipinski definition) is 7. The average molecular weight is 1250 g/mol. The van der Waals surface area contributed by atoms with Crippen LogP contribution in [0.4, 0.5) is 61.4 Å². The molecule has 0 aromatic heterocycles. The third kappa shape index (κ3) is 13.1. The van der Waals surface area contributed by atoms with Gasteiger partial charge in [-0.1, -0.05) is 136 Å². The number of nitrogens with zero attached hydrogens (tertiary/aromatic N) is 3. The quantitative estimate of drug-likeness (QED) is 0.0506. The number of fused-ring (bicyclic) bond motifs is 4. The predicted octanol–water partition coefficient (Wildman–Crippen LogP) is 13.6. The zero-order chi connectivity index (χ0) is 59.4. The largest absolute Gasteiger partial charge is 0.417 e. The van der Waals surface area contributed by atoms with Crippen LogP contribution in [0.3, 0.4) is 0 Å². The number of para-hydroxylation sites is 3. The van der Waals surface area contributed by atoms with Crippen LogP contribution in [0.15, 0.2) is 157 Å². The van der Waals surface area contributed by atoms with Crippen LogP contribution in [-0.4, -0.2) is 60.9 Å². The van der Waals surface area contributed by atoms with Crippen molar-refractivity contribution in [2.75, 3.05) is 34.3 Å². The van der Waals surface area contributed by atoms with Gasteiger partial charge in [0.05, 0.1) is 59.9 Å². The van der Waals surface area contributed by atoms with Gasteiger partial charge in [-0.3, -0.25) is 34.1 Å². The lowest BCUT2D eigenvalue weighted by atomic mass is 9.92. The maximum absolute atomic E-state index is 13.1. The van der Waals surface area contributed by atoms with Gasteiger partial charge in [0.25, 0.3) is 35.2 Å². The molecule has 1 atom stereocenters. The van der Waals surface area contributed by atoms with E-state index in [0.717, 1.165) is 24.3 Å². The fourth-order valence-corrected chi connectivity index (χ4v) is 9.48. The van der Waals surface area contributed by atoms with Gasteiger partial charge in [-0.15, -0.1) is 6.58 Å². The zero-order valence-corrected chi connectivity index (χ0v) is 44.8. The Hall–Kier alpha value is -8.05. The van der Waals surface area contributed by atoms with Gasteiger partial charge in [-0.25, -0.2) is 4.79 Å². The number of anilines is 3. The number of rotatable bonds is 8. The molecule has 6 aromatic rings. The summed E-state index contributed by atoms with van der Waals surface area (Å²) in [4.78, 5) is 88.0. The number of amides is 6. The van der Waals surface area contributed by atoms with E-state index in [0.29, 0.717) is 50.3 Å². The highest BCUT2D eigenvalue weighted by Gasteiger charge is 2.61. The summed E-state index contributed by atoms with van der Waals surface area (Å²) >= 11 is 19.5. The minimum absolute atomic E-state index is 0.0231. The normalized spacial score (nSPS) is 16.4. The number of halogens is 13. The fourth-order valence-electron chi connectivity index (χ4n) is 8.45. The first kappa shape index (κ1) is 60.6. The number of ketones is 2. The first-order valence-corrected chi connectivity index (χ1v) is 25.2. The van der Waals surface area contributed by atoms with E-state index in [1.54, 1.807) is 78.9 Å². The van der Waals surface area contributed by atoms with Crippen molar-refractivity contribution in [1.29, 1.82) is 0 Å². The van der Waals surface area contributed by atoms with E-state index in [1.165, 1.54) is 69.3 Å². The maximum Gasteiger partial charge on any atom is 0.417 e. The Morgan fingerprint density at radius 2 is 0.926 bits per heavy atom. The first-order valence-electron chi connectivity index (χ1n) is 23.2. The Kier molecular flexibility index (Phi) is 18.2. The van der Waals surface area contributed by atoms with E-state index in [-0.39, 0.29) is 28.7 Å². The maximum atomic E-state index is 13.1. The molecule has 1 spiro atoms. The van der Waals surface area contributed by atoms with E-state index in [9.17, 15) is 73.1 Å². The Labute approximate surface area is 477 Å². The second-order valence-corrected chi connectivity index (χ2v) is 19.4. The summed E-state index contributed by atoms with van der Waals surface area (Å²) in [5.41, 5.74) is -1.26. The lowest BCUT2D eigenvalue weighted by molar-refractivity contribution is -0.138. The van der Waals surface area contributed by atoms with Gasteiger partial charge in [-0.05, 0) is 83.9 Å². The van der Waals surface area contributed by atoms with E-state index >= 15 is 0 Å². The van der Waals surface area contributed by atoms with Crippen LogP contribution < -0.4 is 25.3 Å². The molecule has 1 unspecified atom stereocenters. The van der Waals surface area contributed by atoms with Crippen LogP contribution in [0.5, 0.6) is 0 Å². The highest BCUT2D eigenvalue weighted by molar-refractivity contribution is 9.10. The van der Waals surface area contributed by atoms with Crippen molar-refractivity contribution in [3.05, 3.63) is 216 Å². The molecule has 0 bridgehead atoms. The topological polar surface area (TPSA) is 153 Å². The second kappa shape index (κ2) is 24.4. The molecular formula is C56H36BrCl3F9N5O7. The smallest absolute Gasteiger partial charge is 0.312 e. The van der Waals surface area contributed by atoms with Crippen LogP contribution in [0.25, 0.3) is 12.2 Å². The number of alkyl halides is 9. The third-order valence-electron chi connectivity index (χ3n) is 12.1. The Balaban J connectivity index is 0.000000166. The van der Waals surface area contributed by atoms with Crippen LogP contribution in [0.2, 0.25) is 15.1 Å². The molecule has 6 amide bonds.